The molecule has 3 rings (SSSR count). The second kappa shape index (κ2) is 10.1. The fourth-order valence-electron chi connectivity index (χ4n) is 3.04. The number of benzene rings is 2. The number of amides is 1. The molecule has 32 heavy (non-hydrogen) atoms. The van der Waals surface area contributed by atoms with Gasteiger partial charge in [-0.25, -0.2) is 13.8 Å². The number of unbranched alkanes of at least 4 members (excludes halogenated alkanes) is 1. The van der Waals surface area contributed by atoms with Gasteiger partial charge >= 0.3 is 5.97 Å². The third-order valence-corrected chi connectivity index (χ3v) is 5.81. The van der Waals surface area contributed by atoms with Crippen molar-refractivity contribution in [3.05, 3.63) is 61.7 Å². The zero-order valence-corrected chi connectivity index (χ0v) is 20.1. The minimum Gasteiger partial charge on any atom is -0.421 e. The number of carbonyl (C=O) groups is 2. The molecule has 168 valence electrons. The van der Waals surface area contributed by atoms with Gasteiger partial charge < -0.3 is 10.1 Å². The quantitative estimate of drug-likeness (QED) is 0.153. The van der Waals surface area contributed by atoms with Gasteiger partial charge in [0.25, 0.3) is 5.91 Å². The summed E-state index contributed by atoms with van der Waals surface area (Å²) in [5.74, 6) is -4.58. The molecule has 0 saturated heterocycles. The van der Waals surface area contributed by atoms with Crippen LogP contribution in [0.3, 0.4) is 0 Å². The smallest absolute Gasteiger partial charge is 0.311 e. The van der Waals surface area contributed by atoms with Crippen molar-refractivity contribution in [2.75, 3.05) is 5.32 Å². The molecule has 0 radical (unpaired) electrons. The molecule has 0 saturated carbocycles. The fraction of sp³-hybridized carbons (Fsp3) is 0.227. The molecule has 2 aromatic carbocycles. The summed E-state index contributed by atoms with van der Waals surface area (Å²) in [5.41, 5.74) is 0.241. The lowest BCUT2D eigenvalue weighted by molar-refractivity contribution is -0.134. The molecule has 0 atom stereocenters. The second-order valence-corrected chi connectivity index (χ2v) is 8.64. The molecule has 0 aliphatic rings. The average molecular weight is 546 g/mol. The third-order valence-electron chi connectivity index (χ3n) is 4.68. The van der Waals surface area contributed by atoms with E-state index < -0.39 is 40.0 Å². The molecule has 5 nitrogen and oxygen atoms in total. The molecule has 1 N–H and O–H groups in total. The molecule has 0 bridgehead atoms. The molecular weight excluding hydrogens is 529 g/mol. The normalized spacial score (nSPS) is 11.0. The highest BCUT2D eigenvalue weighted by molar-refractivity contribution is 9.10. The number of nitrogens with zero attached hydrogens (tertiary/aromatic N) is 1. The zero-order chi connectivity index (χ0) is 23.6. The van der Waals surface area contributed by atoms with Crippen LogP contribution in [0.15, 0.2) is 28.7 Å². The number of pyridine rings is 1. The topological polar surface area (TPSA) is 68.3 Å². The summed E-state index contributed by atoms with van der Waals surface area (Å²) in [6.07, 6.45) is 1.20. The van der Waals surface area contributed by atoms with E-state index in [-0.39, 0.29) is 17.1 Å². The zero-order valence-electron chi connectivity index (χ0n) is 17.0. The van der Waals surface area contributed by atoms with Gasteiger partial charge in [-0.3, -0.25) is 9.59 Å². The number of ether oxygens (including phenoxy) is 1. The largest absolute Gasteiger partial charge is 0.421 e. The van der Waals surface area contributed by atoms with Crippen LogP contribution in [-0.4, -0.2) is 16.9 Å². The summed E-state index contributed by atoms with van der Waals surface area (Å²) >= 11 is 15.2. The number of fused-ring (bicyclic) bond motifs is 1. The predicted octanol–water partition coefficient (Wildman–Crippen LogP) is 7.24. The summed E-state index contributed by atoms with van der Waals surface area (Å²) in [5, 5.41) is 2.25. The Kier molecular flexibility index (Phi) is 7.69. The number of halogens is 5. The van der Waals surface area contributed by atoms with E-state index in [0.717, 1.165) is 0 Å². The van der Waals surface area contributed by atoms with E-state index in [2.05, 4.69) is 26.2 Å². The molecule has 0 aliphatic heterocycles. The first-order valence-corrected chi connectivity index (χ1v) is 11.1. The fourth-order valence-corrected chi connectivity index (χ4v) is 3.77. The Hall–Kier alpha value is -2.29. The van der Waals surface area contributed by atoms with Gasteiger partial charge in [-0.2, -0.15) is 0 Å². The monoisotopic (exact) mass is 544 g/mol. The summed E-state index contributed by atoms with van der Waals surface area (Å²) in [7, 11) is 0. The van der Waals surface area contributed by atoms with Crippen LogP contribution >= 0.6 is 39.1 Å². The highest BCUT2D eigenvalue weighted by Crippen LogP contribution is 2.37. The Balaban J connectivity index is 2.09. The van der Waals surface area contributed by atoms with E-state index >= 15 is 0 Å². The number of rotatable bonds is 6. The van der Waals surface area contributed by atoms with Crippen molar-refractivity contribution in [1.29, 1.82) is 0 Å². The van der Waals surface area contributed by atoms with Gasteiger partial charge in [0.05, 0.1) is 16.1 Å². The van der Waals surface area contributed by atoms with Gasteiger partial charge in [0.1, 0.15) is 10.8 Å². The van der Waals surface area contributed by atoms with Crippen LogP contribution < -0.4 is 10.1 Å². The Morgan fingerprint density at radius 3 is 2.62 bits per heavy atom. The minimum atomic E-state index is -1.16. The molecule has 0 aliphatic carbocycles. The molecule has 0 fully saturated rings. The van der Waals surface area contributed by atoms with Gasteiger partial charge in [0.15, 0.2) is 17.4 Å². The van der Waals surface area contributed by atoms with E-state index in [4.69, 9.17) is 27.9 Å². The lowest BCUT2D eigenvalue weighted by Gasteiger charge is -2.16. The van der Waals surface area contributed by atoms with Crippen LogP contribution in [0, 0.1) is 18.6 Å². The van der Waals surface area contributed by atoms with Gasteiger partial charge in [0, 0.05) is 16.3 Å². The van der Waals surface area contributed by atoms with E-state index in [0.29, 0.717) is 39.8 Å². The van der Waals surface area contributed by atoms with Gasteiger partial charge in [-0.05, 0) is 43.2 Å². The van der Waals surface area contributed by atoms with Crippen molar-refractivity contribution in [3.8, 4) is 5.75 Å². The number of esters is 1. The first kappa shape index (κ1) is 24.4. The molecule has 10 heteroatoms. The van der Waals surface area contributed by atoms with Crippen LogP contribution in [0.1, 0.15) is 42.1 Å². The summed E-state index contributed by atoms with van der Waals surface area (Å²) < 4.78 is 35.1. The standard InChI is InChI=1S/C22H17BrCl2F2N2O3/c1-3-4-5-16(30)32-20-18(27)13(24)9-14(26)19(20)29-22(31)17-10(2)21(25)28-15-7-6-11(23)8-12(15)17/h6-9H,3-5H2,1-2H3,(H,29,31). The van der Waals surface area contributed by atoms with Crippen molar-refractivity contribution in [1.82, 2.24) is 4.98 Å². The summed E-state index contributed by atoms with van der Waals surface area (Å²) in [6, 6.07) is 5.73. The van der Waals surface area contributed by atoms with Gasteiger partial charge in [-0.15, -0.1) is 0 Å². The number of aromatic nitrogens is 1. The highest BCUT2D eigenvalue weighted by atomic mass is 79.9. The molecule has 0 spiro atoms. The lowest BCUT2D eigenvalue weighted by Crippen LogP contribution is -2.18. The first-order chi connectivity index (χ1) is 15.1. The van der Waals surface area contributed by atoms with E-state index in [1.54, 1.807) is 25.1 Å². The van der Waals surface area contributed by atoms with Crippen LogP contribution in [0.5, 0.6) is 5.75 Å². The Bertz CT molecular complexity index is 1240. The third kappa shape index (κ3) is 5.03. The van der Waals surface area contributed by atoms with Crippen LogP contribution in [0.25, 0.3) is 10.9 Å². The average Bonchev–Trinajstić information content (AvgIpc) is 2.74. The second-order valence-electron chi connectivity index (χ2n) is 6.95. The predicted molar refractivity (Wildman–Crippen MR) is 124 cm³/mol. The number of anilines is 1. The van der Waals surface area contributed by atoms with Crippen LogP contribution in [0.4, 0.5) is 14.5 Å². The number of hydrogen-bond donors (Lipinski definition) is 1. The van der Waals surface area contributed by atoms with E-state index in [9.17, 15) is 18.4 Å². The Morgan fingerprint density at radius 1 is 1.22 bits per heavy atom. The maximum atomic E-state index is 14.7. The number of hydrogen-bond acceptors (Lipinski definition) is 4. The molecule has 0 unspecified atom stereocenters. The SMILES string of the molecule is CCCCC(=O)Oc1c(F)c(Cl)cc(F)c1NC(=O)c1c(C)c(Cl)nc2ccc(Br)cc12. The molecule has 1 aromatic heterocycles. The Morgan fingerprint density at radius 2 is 1.94 bits per heavy atom. The maximum absolute atomic E-state index is 14.7. The number of nitrogens with one attached hydrogen (secondary N) is 1. The van der Waals surface area contributed by atoms with E-state index in [1.165, 1.54) is 0 Å². The molecule has 3 aromatic rings. The maximum Gasteiger partial charge on any atom is 0.311 e. The van der Waals surface area contributed by atoms with Crippen molar-refractivity contribution in [2.45, 2.75) is 33.1 Å². The van der Waals surface area contributed by atoms with Gasteiger partial charge in [-0.1, -0.05) is 52.5 Å². The van der Waals surface area contributed by atoms with Gasteiger partial charge in [0.2, 0.25) is 0 Å². The van der Waals surface area contributed by atoms with Crippen molar-refractivity contribution >= 4 is 67.6 Å². The first-order valence-electron chi connectivity index (χ1n) is 9.58. The van der Waals surface area contributed by atoms with Crippen molar-refractivity contribution in [3.63, 3.8) is 0 Å². The minimum absolute atomic E-state index is 0.00477. The molecule has 1 amide bonds. The molecular formula is C22H17BrCl2F2N2O3. The van der Waals surface area contributed by atoms with Crippen molar-refractivity contribution < 1.29 is 23.1 Å². The summed E-state index contributed by atoms with van der Waals surface area (Å²) in [4.78, 5) is 29.5. The van der Waals surface area contributed by atoms with Crippen LogP contribution in [-0.2, 0) is 4.79 Å². The Labute approximate surface area is 201 Å². The van der Waals surface area contributed by atoms with Crippen LogP contribution in [0.2, 0.25) is 10.2 Å². The molecule has 1 heterocycles. The highest BCUT2D eigenvalue weighted by Gasteiger charge is 2.26. The van der Waals surface area contributed by atoms with Crippen molar-refractivity contribution in [2.24, 2.45) is 0 Å². The lowest BCUT2D eigenvalue weighted by atomic mass is 10.0. The number of carbonyl (C=O) groups excluding carboxylic acids is 2. The summed E-state index contributed by atoms with van der Waals surface area (Å²) in [6.45, 7) is 3.44. The van der Waals surface area contributed by atoms with E-state index in [1.807, 2.05) is 6.92 Å².